The molecule has 19 rings (SSSR count). The van der Waals surface area contributed by atoms with E-state index in [1.807, 2.05) is 0 Å². The van der Waals surface area contributed by atoms with Crippen LogP contribution in [-0.2, 0) is 0 Å². The van der Waals surface area contributed by atoms with Crippen molar-refractivity contribution < 1.29 is 0 Å². The molecule has 0 nitrogen and oxygen atoms in total. The van der Waals surface area contributed by atoms with Gasteiger partial charge in [0.15, 0.2) is 0 Å². The summed E-state index contributed by atoms with van der Waals surface area (Å²) in [6.45, 7) is 6.55. The molecule has 0 aliphatic rings. The van der Waals surface area contributed by atoms with Gasteiger partial charge in [0.1, 0.15) is 0 Å². The zero-order chi connectivity index (χ0) is 67.8. The molecule has 0 heteroatoms. The second kappa shape index (κ2) is 26.9. The van der Waals surface area contributed by atoms with E-state index in [0.717, 1.165) is 0 Å². The van der Waals surface area contributed by atoms with E-state index in [1.54, 1.807) is 0 Å². The highest BCUT2D eigenvalue weighted by molar-refractivity contribution is 6.25. The fourth-order valence-electron chi connectivity index (χ4n) is 15.6. The van der Waals surface area contributed by atoms with E-state index in [4.69, 9.17) is 0 Å². The van der Waals surface area contributed by atoms with Crippen LogP contribution < -0.4 is 0 Å². The lowest BCUT2D eigenvalue weighted by molar-refractivity contribution is 1.51. The van der Waals surface area contributed by atoms with Gasteiger partial charge in [0.25, 0.3) is 0 Å². The standard InChI is InChI=1S/C39H28.2C31H22/c1-27-16-25-36-37(26-27)39(33-23-19-31(20-24-33)29-12-6-3-7-13-29)35-15-9-8-14-34(35)38(36)32-21-17-30(18-22-32)28-10-4-2-5-11-28;1-21-18-19-28-29(20-21)30(23-11-3-2-4-12-23)26-15-7-8-16-27(26)31(28)25-17-9-13-22-10-5-6-14-24(22)25;1-21-15-18-28-29(19-21)30(23-10-3-2-4-11-23)26-13-7-8-14-27(26)31(28)25-17-16-22-9-5-6-12-24(22)20-25/h2-26H,1H3;2*2-20H,1H3. The van der Waals surface area contributed by atoms with Gasteiger partial charge in [-0.25, -0.2) is 0 Å². The maximum atomic E-state index is 2.35. The van der Waals surface area contributed by atoms with Crippen LogP contribution in [0.2, 0.25) is 0 Å². The van der Waals surface area contributed by atoms with Gasteiger partial charge >= 0.3 is 0 Å². The number of benzene rings is 19. The van der Waals surface area contributed by atoms with Gasteiger partial charge in [0.05, 0.1) is 0 Å². The maximum Gasteiger partial charge on any atom is -0.00201 e. The van der Waals surface area contributed by atoms with Crippen LogP contribution >= 0.6 is 0 Å². The number of aryl methyl sites for hydroxylation is 3. The Bertz CT molecular complexity index is 6280. The van der Waals surface area contributed by atoms with Gasteiger partial charge in [-0.1, -0.05) is 393 Å². The Morgan fingerprint density at radius 1 is 0.129 bits per heavy atom. The van der Waals surface area contributed by atoms with Crippen molar-refractivity contribution in [1.82, 2.24) is 0 Å². The summed E-state index contributed by atoms with van der Waals surface area (Å²) in [4.78, 5) is 0. The molecule has 0 heterocycles. The summed E-state index contributed by atoms with van der Waals surface area (Å²) in [7, 11) is 0. The molecule has 0 unspecified atom stereocenters. The van der Waals surface area contributed by atoms with Crippen LogP contribution in [0, 0.1) is 20.8 Å². The first-order valence-corrected chi connectivity index (χ1v) is 35.1. The largest absolute Gasteiger partial charge is 0.0622 e. The lowest BCUT2D eigenvalue weighted by Crippen LogP contribution is -1.92. The van der Waals surface area contributed by atoms with Gasteiger partial charge in [0, 0.05) is 0 Å². The van der Waals surface area contributed by atoms with Crippen molar-refractivity contribution in [3.63, 3.8) is 0 Å². The van der Waals surface area contributed by atoms with Gasteiger partial charge in [-0.05, 0) is 202 Å². The van der Waals surface area contributed by atoms with Crippen LogP contribution in [0.25, 0.3) is 175 Å². The van der Waals surface area contributed by atoms with E-state index in [0.29, 0.717) is 0 Å². The molecule has 0 bridgehead atoms. The number of fused-ring (bicyclic) bond motifs is 8. The Labute approximate surface area is 591 Å². The Morgan fingerprint density at radius 2 is 0.386 bits per heavy atom. The second-order valence-corrected chi connectivity index (χ2v) is 26.7. The molecule has 0 atom stereocenters. The molecule has 0 saturated heterocycles. The lowest BCUT2D eigenvalue weighted by atomic mass is 9.84. The zero-order valence-electron chi connectivity index (χ0n) is 56.9. The highest BCUT2D eigenvalue weighted by Crippen LogP contribution is 2.49. The summed E-state index contributed by atoms with van der Waals surface area (Å²) in [5.41, 5.74) is 24.2. The Kier molecular flexibility index (Phi) is 16.5. The maximum absolute atomic E-state index is 2.35. The molecule has 0 N–H and O–H groups in total. The summed E-state index contributed by atoms with van der Waals surface area (Å²) in [6, 6.07) is 139. The van der Waals surface area contributed by atoms with E-state index in [2.05, 4.69) is 403 Å². The van der Waals surface area contributed by atoms with E-state index in [1.165, 1.54) is 192 Å². The van der Waals surface area contributed by atoms with Gasteiger partial charge in [0.2, 0.25) is 0 Å². The van der Waals surface area contributed by atoms with E-state index >= 15 is 0 Å². The summed E-state index contributed by atoms with van der Waals surface area (Å²) in [5.74, 6) is 0. The minimum atomic E-state index is 1.24. The molecule has 0 aliphatic carbocycles. The van der Waals surface area contributed by atoms with Gasteiger partial charge in [-0.2, -0.15) is 0 Å². The van der Waals surface area contributed by atoms with Crippen molar-refractivity contribution in [2.75, 3.05) is 0 Å². The topological polar surface area (TPSA) is 0 Å². The minimum absolute atomic E-state index is 1.24. The fourth-order valence-corrected chi connectivity index (χ4v) is 15.6. The third-order valence-electron chi connectivity index (χ3n) is 20.3. The highest BCUT2D eigenvalue weighted by Gasteiger charge is 2.21. The number of rotatable bonds is 8. The lowest BCUT2D eigenvalue weighted by Gasteiger charge is -2.19. The Hall–Kier alpha value is -12.7. The number of hydrogen-bond acceptors (Lipinski definition) is 0. The third-order valence-corrected chi connectivity index (χ3v) is 20.3. The molecule has 19 aromatic carbocycles. The first-order chi connectivity index (χ1) is 49.9. The summed E-state index contributed by atoms with van der Waals surface area (Å²) in [6.07, 6.45) is 0. The molecule has 476 valence electrons. The molecular formula is C101H72. The second-order valence-electron chi connectivity index (χ2n) is 26.7. The van der Waals surface area contributed by atoms with Crippen LogP contribution in [0.5, 0.6) is 0 Å². The molecule has 0 fully saturated rings. The van der Waals surface area contributed by atoms with E-state index < -0.39 is 0 Å². The molecule has 0 spiro atoms. The van der Waals surface area contributed by atoms with Crippen molar-refractivity contribution in [3.05, 3.63) is 399 Å². The monoisotopic (exact) mass is 1280 g/mol. The molecule has 0 amide bonds. The van der Waals surface area contributed by atoms with Crippen molar-refractivity contribution in [2.45, 2.75) is 20.8 Å². The van der Waals surface area contributed by atoms with E-state index in [-0.39, 0.29) is 0 Å². The first kappa shape index (κ1) is 61.8. The molecule has 0 saturated carbocycles. The van der Waals surface area contributed by atoms with Crippen LogP contribution in [0.1, 0.15) is 16.7 Å². The summed E-state index contributed by atoms with van der Waals surface area (Å²) >= 11 is 0. The zero-order valence-corrected chi connectivity index (χ0v) is 56.9. The van der Waals surface area contributed by atoms with E-state index in [9.17, 15) is 0 Å². The van der Waals surface area contributed by atoms with Crippen LogP contribution in [0.4, 0.5) is 0 Å². The van der Waals surface area contributed by atoms with Crippen LogP contribution in [0.3, 0.4) is 0 Å². The van der Waals surface area contributed by atoms with Crippen LogP contribution in [-0.4, -0.2) is 0 Å². The van der Waals surface area contributed by atoms with Crippen molar-refractivity contribution >= 4 is 86.2 Å². The fraction of sp³-hybridized carbons (Fsp3) is 0.0297. The third kappa shape index (κ3) is 11.8. The predicted molar refractivity (Wildman–Crippen MR) is 437 cm³/mol. The van der Waals surface area contributed by atoms with Crippen molar-refractivity contribution in [2.24, 2.45) is 0 Å². The Balaban J connectivity index is 0.000000114. The quantitative estimate of drug-likeness (QED) is 0.133. The normalized spacial score (nSPS) is 11.3. The summed E-state index contributed by atoms with van der Waals surface area (Å²) < 4.78 is 0. The summed E-state index contributed by atoms with van der Waals surface area (Å²) in [5, 5.41) is 20.7. The molecular weight excluding hydrogens is 1210 g/mol. The predicted octanol–water partition coefficient (Wildman–Crippen LogP) is 28.5. The first-order valence-electron chi connectivity index (χ1n) is 35.1. The number of hydrogen-bond donors (Lipinski definition) is 0. The molecule has 0 radical (unpaired) electrons. The molecule has 0 aromatic heterocycles. The average molecular weight is 1290 g/mol. The van der Waals surface area contributed by atoms with Gasteiger partial charge in [-0.15, -0.1) is 0 Å². The molecule has 0 aliphatic heterocycles. The SMILES string of the molecule is Cc1ccc2c(-c3ccc(-c4ccccc4)cc3)c3ccccc3c(-c3ccc(-c4ccccc4)cc3)c2c1.Cc1ccc2c(-c3ccc4ccccc4c3)c3ccccc3c(-c3ccccc3)c2c1.Cc1ccc2c(-c3cccc4ccccc34)c3ccccc3c(-c3ccccc3)c2c1. The molecule has 101 heavy (non-hydrogen) atoms. The van der Waals surface area contributed by atoms with Gasteiger partial charge in [-0.3, -0.25) is 0 Å². The highest BCUT2D eigenvalue weighted by atomic mass is 14.2. The van der Waals surface area contributed by atoms with Crippen LogP contribution in [0.15, 0.2) is 382 Å². The average Bonchev–Trinajstić information content (AvgIpc) is 0.746. The van der Waals surface area contributed by atoms with Crippen molar-refractivity contribution in [3.8, 4) is 89.0 Å². The Morgan fingerprint density at radius 3 is 0.802 bits per heavy atom. The minimum Gasteiger partial charge on any atom is -0.0622 e. The molecule has 19 aromatic rings. The van der Waals surface area contributed by atoms with Gasteiger partial charge < -0.3 is 0 Å². The van der Waals surface area contributed by atoms with Crippen molar-refractivity contribution in [1.29, 1.82) is 0 Å². The smallest absolute Gasteiger partial charge is 0.00201 e.